The molecule has 1 amide bonds. The number of hydrogen-bond acceptors (Lipinski definition) is 6. The van der Waals surface area contributed by atoms with Gasteiger partial charge in [-0.05, 0) is 49.4 Å². The Labute approximate surface area is 227 Å². The highest BCUT2D eigenvalue weighted by Crippen LogP contribution is 2.44. The molecule has 38 heavy (non-hydrogen) atoms. The molecule has 2 fully saturated rings. The predicted octanol–water partition coefficient (Wildman–Crippen LogP) is 4.21. The molecular formula is C31H44N2O5. The number of rotatable bonds is 14. The fourth-order valence-electron chi connectivity index (χ4n) is 6.08. The van der Waals surface area contributed by atoms with Gasteiger partial charge in [-0.15, -0.1) is 0 Å². The molecule has 1 N–H and O–H groups in total. The van der Waals surface area contributed by atoms with Crippen molar-refractivity contribution < 1.29 is 24.1 Å². The Bertz CT molecular complexity index is 1010. The number of phenolic OH excluding ortho intramolecular Hbond substituents is 1. The molecule has 2 aromatic rings. The van der Waals surface area contributed by atoms with Gasteiger partial charge in [0, 0.05) is 44.8 Å². The van der Waals surface area contributed by atoms with E-state index in [0.717, 1.165) is 37.2 Å². The van der Waals surface area contributed by atoms with E-state index in [9.17, 15) is 9.90 Å². The lowest BCUT2D eigenvalue weighted by Crippen LogP contribution is -2.58. The number of ether oxygens (including phenoxy) is 3. The van der Waals surface area contributed by atoms with E-state index in [4.69, 9.17) is 14.2 Å². The smallest absolute Gasteiger partial charge is 0.225 e. The summed E-state index contributed by atoms with van der Waals surface area (Å²) in [7, 11) is 5.32. The van der Waals surface area contributed by atoms with E-state index in [0.29, 0.717) is 37.8 Å². The topological polar surface area (TPSA) is 71.5 Å². The van der Waals surface area contributed by atoms with Crippen LogP contribution in [0.1, 0.15) is 48.8 Å². The third-order valence-corrected chi connectivity index (χ3v) is 8.18. The zero-order valence-corrected chi connectivity index (χ0v) is 23.2. The average Bonchev–Trinajstić information content (AvgIpc) is 3.43. The number of carbonyl (C=O) groups excluding carboxylic acids is 1. The fraction of sp³-hybridized carbons (Fsp3) is 0.581. The van der Waals surface area contributed by atoms with Crippen LogP contribution < -0.4 is 0 Å². The molecule has 2 aromatic carbocycles. The first-order valence-electron chi connectivity index (χ1n) is 13.9. The van der Waals surface area contributed by atoms with Gasteiger partial charge in [-0.1, -0.05) is 55.3 Å². The highest BCUT2D eigenvalue weighted by Gasteiger charge is 2.45. The lowest BCUT2D eigenvalue weighted by Gasteiger charge is -2.49. The highest BCUT2D eigenvalue weighted by molar-refractivity contribution is 5.76. The molecule has 1 aliphatic carbocycles. The van der Waals surface area contributed by atoms with Crippen molar-refractivity contribution in [1.29, 1.82) is 0 Å². The molecule has 1 heterocycles. The second-order valence-corrected chi connectivity index (χ2v) is 10.9. The van der Waals surface area contributed by atoms with E-state index >= 15 is 0 Å². The van der Waals surface area contributed by atoms with Crippen LogP contribution in [0.4, 0.5) is 0 Å². The largest absolute Gasteiger partial charge is 0.508 e. The first kappa shape index (κ1) is 28.6. The Balaban J connectivity index is 1.30. The predicted molar refractivity (Wildman–Crippen MR) is 148 cm³/mol. The van der Waals surface area contributed by atoms with Crippen LogP contribution in [0.5, 0.6) is 5.75 Å². The Morgan fingerprint density at radius 1 is 1.08 bits per heavy atom. The molecule has 0 bridgehead atoms. The fourth-order valence-corrected chi connectivity index (χ4v) is 6.08. The molecule has 1 aliphatic heterocycles. The summed E-state index contributed by atoms with van der Waals surface area (Å²) in [5.74, 6) is 0.986. The van der Waals surface area contributed by atoms with Gasteiger partial charge in [-0.25, -0.2) is 0 Å². The Morgan fingerprint density at radius 3 is 2.45 bits per heavy atom. The minimum Gasteiger partial charge on any atom is -0.508 e. The summed E-state index contributed by atoms with van der Waals surface area (Å²) < 4.78 is 16.6. The molecule has 0 aromatic heterocycles. The van der Waals surface area contributed by atoms with Crippen molar-refractivity contribution in [2.24, 2.45) is 5.92 Å². The number of nitrogens with zero attached hydrogens (tertiary/aromatic N) is 2. The molecular weight excluding hydrogens is 480 g/mol. The van der Waals surface area contributed by atoms with Gasteiger partial charge >= 0.3 is 0 Å². The first-order valence-corrected chi connectivity index (χ1v) is 13.9. The summed E-state index contributed by atoms with van der Waals surface area (Å²) >= 11 is 0. The minimum atomic E-state index is -0.417. The van der Waals surface area contributed by atoms with Crippen molar-refractivity contribution >= 4 is 5.91 Å². The standard InChI is InChI=1S/C31H44N2O5/c1-32-22-31(23-32,26-11-5-4-6-12-26)27-19-24(13-14-28(27)34)15-17-38-18-16-29(35)33(21-30(36-2)37-3)20-25-9-7-8-10-25/h4-6,11-14,19,25,30,34H,7-10,15-18,20-23H2,1-3H3. The van der Waals surface area contributed by atoms with Crippen LogP contribution in [0.15, 0.2) is 48.5 Å². The lowest BCUT2D eigenvalue weighted by molar-refractivity contribution is -0.147. The molecule has 0 spiro atoms. The van der Waals surface area contributed by atoms with Crippen LogP contribution in [0.3, 0.4) is 0 Å². The molecule has 2 aliphatic rings. The molecule has 0 radical (unpaired) electrons. The van der Waals surface area contributed by atoms with Gasteiger partial charge in [-0.2, -0.15) is 0 Å². The summed E-state index contributed by atoms with van der Waals surface area (Å²) in [5, 5.41) is 10.8. The Hall–Kier alpha value is -2.45. The zero-order chi connectivity index (χ0) is 27.0. The maximum Gasteiger partial charge on any atom is 0.225 e. The van der Waals surface area contributed by atoms with Crippen LogP contribution in [-0.2, 0) is 30.8 Å². The van der Waals surface area contributed by atoms with Crippen molar-refractivity contribution in [2.45, 2.75) is 50.2 Å². The third kappa shape index (κ3) is 6.94. The number of aromatic hydroxyl groups is 1. The number of methoxy groups -OCH3 is 2. The normalized spacial score (nSPS) is 17.6. The summed E-state index contributed by atoms with van der Waals surface area (Å²) in [6.45, 7) is 3.85. The van der Waals surface area contributed by atoms with Gasteiger partial charge < -0.3 is 29.1 Å². The number of carbonyl (C=O) groups is 1. The van der Waals surface area contributed by atoms with Gasteiger partial charge in [-0.3, -0.25) is 4.79 Å². The average molecular weight is 525 g/mol. The van der Waals surface area contributed by atoms with E-state index in [2.05, 4.69) is 42.3 Å². The van der Waals surface area contributed by atoms with E-state index < -0.39 is 6.29 Å². The molecule has 1 saturated heterocycles. The molecule has 7 nitrogen and oxygen atoms in total. The van der Waals surface area contributed by atoms with Crippen molar-refractivity contribution in [1.82, 2.24) is 9.80 Å². The van der Waals surface area contributed by atoms with Gasteiger partial charge in [0.15, 0.2) is 6.29 Å². The molecule has 0 atom stereocenters. The number of likely N-dealkylation sites (N-methyl/N-ethyl adjacent to an activating group) is 1. The van der Waals surface area contributed by atoms with Crippen molar-refractivity contribution in [3.05, 3.63) is 65.2 Å². The third-order valence-electron chi connectivity index (χ3n) is 8.18. The second kappa shape index (κ2) is 13.6. The monoisotopic (exact) mass is 524 g/mol. The maximum absolute atomic E-state index is 13.0. The number of phenols is 1. The SMILES string of the molecule is COC(CN(CC1CCCC1)C(=O)CCOCCc1ccc(O)c(C2(c3ccccc3)CN(C)C2)c1)OC. The number of likely N-dealkylation sites (tertiary alicyclic amines) is 1. The van der Waals surface area contributed by atoms with Gasteiger partial charge in [0.1, 0.15) is 5.75 Å². The summed E-state index contributed by atoms with van der Waals surface area (Å²) in [4.78, 5) is 17.2. The van der Waals surface area contributed by atoms with Crippen molar-refractivity contribution in [3.8, 4) is 5.75 Å². The molecule has 1 saturated carbocycles. The Morgan fingerprint density at radius 2 is 1.79 bits per heavy atom. The van der Waals surface area contributed by atoms with Crippen LogP contribution >= 0.6 is 0 Å². The molecule has 4 rings (SSSR count). The molecule has 208 valence electrons. The summed E-state index contributed by atoms with van der Waals surface area (Å²) in [6, 6.07) is 16.3. The van der Waals surface area contributed by atoms with E-state index in [1.807, 2.05) is 17.0 Å². The summed E-state index contributed by atoms with van der Waals surface area (Å²) in [5.41, 5.74) is 3.13. The first-order chi connectivity index (χ1) is 18.4. The van der Waals surface area contributed by atoms with Crippen LogP contribution in [0.25, 0.3) is 0 Å². The van der Waals surface area contributed by atoms with Crippen LogP contribution in [-0.4, -0.2) is 87.8 Å². The number of benzene rings is 2. The van der Waals surface area contributed by atoms with Gasteiger partial charge in [0.25, 0.3) is 0 Å². The zero-order valence-electron chi connectivity index (χ0n) is 23.2. The van der Waals surface area contributed by atoms with E-state index in [1.165, 1.54) is 31.2 Å². The van der Waals surface area contributed by atoms with Crippen LogP contribution in [0, 0.1) is 5.92 Å². The minimum absolute atomic E-state index is 0.0850. The van der Waals surface area contributed by atoms with Crippen LogP contribution in [0.2, 0.25) is 0 Å². The van der Waals surface area contributed by atoms with E-state index in [-0.39, 0.29) is 11.3 Å². The van der Waals surface area contributed by atoms with Crippen molar-refractivity contribution in [3.63, 3.8) is 0 Å². The van der Waals surface area contributed by atoms with Crippen molar-refractivity contribution in [2.75, 3.05) is 60.7 Å². The lowest BCUT2D eigenvalue weighted by atomic mass is 9.68. The summed E-state index contributed by atoms with van der Waals surface area (Å²) in [6.07, 6.45) is 5.51. The number of amides is 1. The Kier molecular flexibility index (Phi) is 10.2. The maximum atomic E-state index is 13.0. The van der Waals surface area contributed by atoms with Gasteiger partial charge in [0.05, 0.1) is 26.2 Å². The molecule has 0 unspecified atom stereocenters. The second-order valence-electron chi connectivity index (χ2n) is 10.9. The quantitative estimate of drug-likeness (QED) is 0.295. The van der Waals surface area contributed by atoms with Gasteiger partial charge in [0.2, 0.25) is 5.91 Å². The highest BCUT2D eigenvalue weighted by atomic mass is 16.7. The number of hydrogen-bond donors (Lipinski definition) is 1. The molecule has 7 heteroatoms. The van der Waals surface area contributed by atoms with E-state index in [1.54, 1.807) is 20.3 Å².